The summed E-state index contributed by atoms with van der Waals surface area (Å²) in [5.41, 5.74) is 7.48. The molecule has 0 amide bonds. The summed E-state index contributed by atoms with van der Waals surface area (Å²) in [4.78, 5) is 0. The van der Waals surface area contributed by atoms with Gasteiger partial charge >= 0.3 is 0 Å². The lowest BCUT2D eigenvalue weighted by Gasteiger charge is -2.36. The Morgan fingerprint density at radius 1 is 0.619 bits per heavy atom. The van der Waals surface area contributed by atoms with Crippen LogP contribution in [-0.2, 0) is 13.2 Å². The molecule has 5 aromatic rings. The molecule has 1 saturated carbocycles. The van der Waals surface area contributed by atoms with Gasteiger partial charge in [-0.15, -0.1) is 0 Å². The third-order valence-electron chi connectivity index (χ3n) is 8.40. The summed E-state index contributed by atoms with van der Waals surface area (Å²) in [5, 5.41) is 0. The minimum absolute atomic E-state index is 0.0246. The molecule has 1 fully saturated rings. The van der Waals surface area contributed by atoms with Gasteiger partial charge in [0.1, 0.15) is 36.6 Å². The lowest BCUT2D eigenvalue weighted by molar-refractivity contribution is 0.105. The summed E-state index contributed by atoms with van der Waals surface area (Å²) in [7, 11) is 0. The van der Waals surface area contributed by atoms with E-state index in [1.807, 2.05) is 42.5 Å². The molecule has 0 aromatic heterocycles. The Labute approximate surface area is 248 Å². The second-order valence-corrected chi connectivity index (χ2v) is 11.2. The molecule has 42 heavy (non-hydrogen) atoms. The van der Waals surface area contributed by atoms with Crippen molar-refractivity contribution in [1.29, 1.82) is 0 Å². The normalized spacial score (nSPS) is 19.9. The summed E-state index contributed by atoms with van der Waals surface area (Å²) in [6.07, 6.45) is 4.37. The van der Waals surface area contributed by atoms with Gasteiger partial charge < -0.3 is 14.2 Å². The van der Waals surface area contributed by atoms with Crippen LogP contribution < -0.4 is 14.2 Å². The molecule has 208 valence electrons. The summed E-state index contributed by atoms with van der Waals surface area (Å²) in [6, 6.07) is 46.0. The maximum Gasteiger partial charge on any atom is 0.127 e. The molecule has 0 unspecified atom stereocenters. The molecule has 1 aliphatic carbocycles. The quantitative estimate of drug-likeness (QED) is 0.193. The van der Waals surface area contributed by atoms with Crippen molar-refractivity contribution >= 4 is 6.08 Å². The van der Waals surface area contributed by atoms with Gasteiger partial charge in [0.2, 0.25) is 0 Å². The molecule has 7 rings (SSSR count). The molecule has 1 aliphatic heterocycles. The van der Waals surface area contributed by atoms with Crippen LogP contribution in [0.1, 0.15) is 52.7 Å². The van der Waals surface area contributed by atoms with E-state index in [9.17, 15) is 0 Å². The van der Waals surface area contributed by atoms with Crippen molar-refractivity contribution in [1.82, 2.24) is 0 Å². The molecule has 0 bridgehead atoms. The van der Waals surface area contributed by atoms with Gasteiger partial charge in [0, 0.05) is 11.5 Å². The highest BCUT2D eigenvalue weighted by molar-refractivity contribution is 5.56. The number of fused-ring (bicyclic) bond motifs is 3. The SMILES string of the molecule is C(=C1/C[C@H]2[C@@H](C1)c1cc(OCc3ccccc3)ccc1O[C@H]2c1ccc(OCc2ccccc2)cc1)/c1ccccc1. The van der Waals surface area contributed by atoms with Crippen molar-refractivity contribution in [3.63, 3.8) is 0 Å². The van der Waals surface area contributed by atoms with E-state index in [4.69, 9.17) is 14.2 Å². The zero-order valence-corrected chi connectivity index (χ0v) is 23.6. The molecule has 1 heterocycles. The average molecular weight is 551 g/mol. The first-order valence-electron chi connectivity index (χ1n) is 14.8. The van der Waals surface area contributed by atoms with Crippen LogP contribution in [0.2, 0.25) is 0 Å². The minimum atomic E-state index is -0.0246. The van der Waals surface area contributed by atoms with Crippen molar-refractivity contribution in [2.45, 2.75) is 38.1 Å². The fourth-order valence-electron chi connectivity index (χ4n) is 6.31. The molecular formula is C39H34O3. The number of ether oxygens (including phenoxy) is 3. The van der Waals surface area contributed by atoms with Gasteiger partial charge in [0.15, 0.2) is 0 Å². The van der Waals surface area contributed by atoms with Gasteiger partial charge in [0.05, 0.1) is 0 Å². The van der Waals surface area contributed by atoms with Crippen molar-refractivity contribution < 1.29 is 14.2 Å². The summed E-state index contributed by atoms with van der Waals surface area (Å²) < 4.78 is 19.1. The van der Waals surface area contributed by atoms with E-state index in [1.165, 1.54) is 22.3 Å². The fraction of sp³-hybridized carbons (Fsp3) is 0.179. The van der Waals surface area contributed by atoms with Crippen molar-refractivity contribution in [2.75, 3.05) is 0 Å². The Kier molecular flexibility index (Phi) is 7.47. The predicted octanol–water partition coefficient (Wildman–Crippen LogP) is 9.56. The van der Waals surface area contributed by atoms with E-state index in [1.54, 1.807) is 0 Å². The van der Waals surface area contributed by atoms with Gasteiger partial charge in [-0.1, -0.05) is 115 Å². The Morgan fingerprint density at radius 2 is 1.21 bits per heavy atom. The standard InChI is InChI=1S/C39H34O3/c1-4-10-28(11-5-1)22-31-23-35-36-25-34(41-27-30-14-8-3-9-15-30)20-21-38(36)42-39(37(35)24-31)32-16-18-33(19-17-32)40-26-29-12-6-2-7-13-29/h1-22,25,35,37,39H,23-24,26-27H2/b31-22-/t35-,37-,39-/m0/s1. The topological polar surface area (TPSA) is 27.7 Å². The first-order chi connectivity index (χ1) is 20.8. The van der Waals surface area contributed by atoms with Crippen molar-refractivity contribution in [3.8, 4) is 17.2 Å². The maximum absolute atomic E-state index is 6.79. The average Bonchev–Trinajstić information content (AvgIpc) is 3.48. The van der Waals surface area contributed by atoms with E-state index in [2.05, 4.69) is 97.1 Å². The second kappa shape index (κ2) is 12.0. The van der Waals surface area contributed by atoms with Crippen LogP contribution in [0.5, 0.6) is 17.2 Å². The first-order valence-corrected chi connectivity index (χ1v) is 14.8. The van der Waals surface area contributed by atoms with Crippen molar-refractivity contribution in [2.24, 2.45) is 5.92 Å². The molecule has 5 aromatic carbocycles. The Bertz CT molecular complexity index is 1640. The third-order valence-corrected chi connectivity index (χ3v) is 8.40. The van der Waals surface area contributed by atoms with Crippen LogP contribution in [0.4, 0.5) is 0 Å². The largest absolute Gasteiger partial charge is 0.489 e. The summed E-state index contributed by atoms with van der Waals surface area (Å²) >= 11 is 0. The molecule has 0 saturated heterocycles. The zero-order chi connectivity index (χ0) is 28.1. The van der Waals surface area contributed by atoms with Crippen LogP contribution in [0.25, 0.3) is 6.08 Å². The number of allylic oxidation sites excluding steroid dienone is 1. The van der Waals surface area contributed by atoms with E-state index in [0.717, 1.165) is 41.2 Å². The Balaban J connectivity index is 1.15. The molecule has 3 heteroatoms. The lowest BCUT2D eigenvalue weighted by Crippen LogP contribution is -2.26. The molecule has 2 aliphatic rings. The number of hydrogen-bond donors (Lipinski definition) is 0. The van der Waals surface area contributed by atoms with E-state index < -0.39 is 0 Å². The first kappa shape index (κ1) is 26.2. The van der Waals surface area contributed by atoms with Crippen LogP contribution in [0, 0.1) is 5.92 Å². The number of rotatable bonds is 8. The Hall–Kier alpha value is -4.76. The van der Waals surface area contributed by atoms with Crippen LogP contribution >= 0.6 is 0 Å². The highest BCUT2D eigenvalue weighted by Gasteiger charge is 2.44. The van der Waals surface area contributed by atoms with Crippen LogP contribution in [0.3, 0.4) is 0 Å². The van der Waals surface area contributed by atoms with Gasteiger partial charge in [-0.3, -0.25) is 0 Å². The molecule has 0 N–H and O–H groups in total. The monoisotopic (exact) mass is 550 g/mol. The van der Waals surface area contributed by atoms with E-state index in [-0.39, 0.29) is 6.10 Å². The summed E-state index contributed by atoms with van der Waals surface area (Å²) in [5.74, 6) is 3.42. The minimum Gasteiger partial charge on any atom is -0.489 e. The molecule has 3 nitrogen and oxygen atoms in total. The zero-order valence-electron chi connectivity index (χ0n) is 23.6. The highest BCUT2D eigenvalue weighted by atomic mass is 16.5. The van der Waals surface area contributed by atoms with Gasteiger partial charge in [-0.05, 0) is 71.3 Å². The fourth-order valence-corrected chi connectivity index (χ4v) is 6.31. The highest BCUT2D eigenvalue weighted by Crippen LogP contribution is 2.56. The van der Waals surface area contributed by atoms with Gasteiger partial charge in [0.25, 0.3) is 0 Å². The molecule has 3 atom stereocenters. The Morgan fingerprint density at radius 3 is 1.88 bits per heavy atom. The van der Waals surface area contributed by atoms with Gasteiger partial charge in [-0.2, -0.15) is 0 Å². The van der Waals surface area contributed by atoms with Crippen molar-refractivity contribution in [3.05, 3.63) is 167 Å². The maximum atomic E-state index is 6.79. The van der Waals surface area contributed by atoms with Crippen LogP contribution in [0.15, 0.2) is 139 Å². The number of benzene rings is 5. The van der Waals surface area contributed by atoms with Crippen LogP contribution in [-0.4, -0.2) is 0 Å². The molecular weight excluding hydrogens is 516 g/mol. The molecule has 0 spiro atoms. The second-order valence-electron chi connectivity index (χ2n) is 11.2. The summed E-state index contributed by atoms with van der Waals surface area (Å²) in [6.45, 7) is 1.11. The predicted molar refractivity (Wildman–Crippen MR) is 168 cm³/mol. The van der Waals surface area contributed by atoms with E-state index >= 15 is 0 Å². The smallest absolute Gasteiger partial charge is 0.127 e. The lowest BCUT2D eigenvalue weighted by atomic mass is 9.80. The number of hydrogen-bond acceptors (Lipinski definition) is 3. The van der Waals surface area contributed by atoms with E-state index in [0.29, 0.717) is 25.0 Å². The third kappa shape index (κ3) is 5.82. The molecule has 0 radical (unpaired) electrons. The van der Waals surface area contributed by atoms with Gasteiger partial charge in [-0.25, -0.2) is 0 Å².